The van der Waals surface area contributed by atoms with Crippen molar-refractivity contribution in [2.75, 3.05) is 32.7 Å². The fraction of sp³-hybridized carbons (Fsp3) is 0.565. The molecule has 14 nitrogen and oxygen atoms in total. The molecule has 2 unspecified atom stereocenters. The van der Waals surface area contributed by atoms with Crippen LogP contribution in [-0.2, 0) is 28.5 Å². The van der Waals surface area contributed by atoms with Gasteiger partial charge in [-0.05, 0) is 38.8 Å². The van der Waals surface area contributed by atoms with E-state index in [0.29, 0.717) is 37.3 Å². The molecule has 0 spiro atoms. The molecule has 0 aromatic carbocycles. The Morgan fingerprint density at radius 1 is 1.32 bits per heavy atom. The molecule has 1 aliphatic rings. The molecule has 0 saturated carbocycles. The Labute approximate surface area is 214 Å². The first-order chi connectivity index (χ1) is 17.6. The number of carbonyl (C=O) groups excluding carboxylic acids is 2. The molecule has 0 aliphatic carbocycles. The van der Waals surface area contributed by atoms with Gasteiger partial charge < -0.3 is 34.9 Å². The fourth-order valence-corrected chi connectivity index (χ4v) is 2.95. The number of aliphatic hydroxyl groups is 1. The number of anilines is 1. The summed E-state index contributed by atoms with van der Waals surface area (Å²) in [5.74, 6) is -0.204. The molecule has 0 amide bonds. The number of carboxylic acid groups (broad SMARTS) is 1. The Kier molecular flexibility index (Phi) is 15.6. The van der Waals surface area contributed by atoms with E-state index >= 15 is 0 Å². The van der Waals surface area contributed by atoms with Gasteiger partial charge in [0.2, 0.25) is 0 Å². The molecule has 3 heterocycles. The summed E-state index contributed by atoms with van der Waals surface area (Å²) in [5, 5.41) is 28.4. The average Bonchev–Trinajstić information content (AvgIpc) is 3.50. The van der Waals surface area contributed by atoms with Crippen LogP contribution in [0.15, 0.2) is 18.5 Å². The van der Waals surface area contributed by atoms with Crippen molar-refractivity contribution in [1.82, 2.24) is 14.6 Å². The van der Waals surface area contributed by atoms with Crippen LogP contribution in [0.1, 0.15) is 52.3 Å². The zero-order valence-electron chi connectivity index (χ0n) is 21.6. The molecule has 1 aliphatic heterocycles. The van der Waals surface area contributed by atoms with Gasteiger partial charge in [-0.25, -0.2) is 14.3 Å². The fourth-order valence-electron chi connectivity index (χ4n) is 2.95. The Bertz CT molecular complexity index is 1020. The van der Waals surface area contributed by atoms with E-state index in [4.69, 9.17) is 25.4 Å². The Morgan fingerprint density at radius 2 is 2.00 bits per heavy atom. The highest BCUT2D eigenvalue weighted by Crippen LogP contribution is 2.40. The van der Waals surface area contributed by atoms with E-state index in [1.165, 1.54) is 6.33 Å². The van der Waals surface area contributed by atoms with E-state index in [0.717, 1.165) is 12.8 Å². The second kappa shape index (κ2) is 17.5. The lowest BCUT2D eigenvalue weighted by Gasteiger charge is -2.22. The standard InChI is InChI=1S/C16H19N5O3.C3H6O3.C3H6O2.CH4O/c1-10(2)15(22)23-8-16(7-17)6-5-13(24-16)11-3-4-12-14(18)19-9-20-21(11)12;1-2-6-3(4)5;1-2-5-3-4;1-2/h3-4,9-10,13H,5-6,8H2,1-2H3,(H2,18,19,20);2H2,1H3,(H,4,5);3H,2H2,1H3;2H,1H3. The molecule has 2 aromatic rings. The van der Waals surface area contributed by atoms with Crippen LogP contribution in [0, 0.1) is 17.2 Å². The molecule has 1 fully saturated rings. The first-order valence-corrected chi connectivity index (χ1v) is 11.3. The van der Waals surface area contributed by atoms with Crippen LogP contribution in [0.2, 0.25) is 0 Å². The topological polar surface area (TPSA) is 209 Å². The summed E-state index contributed by atoms with van der Waals surface area (Å²) in [7, 11) is 1.00. The number of fused-ring (bicyclic) bond motifs is 1. The van der Waals surface area contributed by atoms with Crippen LogP contribution in [0.5, 0.6) is 0 Å². The minimum absolute atomic E-state index is 0.0720. The second-order valence-corrected chi connectivity index (χ2v) is 7.46. The highest BCUT2D eigenvalue weighted by Gasteiger charge is 2.43. The maximum absolute atomic E-state index is 11.7. The summed E-state index contributed by atoms with van der Waals surface area (Å²) in [6.45, 7) is 7.94. The minimum atomic E-state index is -1.21. The van der Waals surface area contributed by atoms with Crippen molar-refractivity contribution in [2.24, 2.45) is 5.92 Å². The molecule has 4 N–H and O–H groups in total. The highest BCUT2D eigenvalue weighted by atomic mass is 16.7. The maximum atomic E-state index is 11.7. The molecule has 2 atom stereocenters. The number of hydrogen-bond acceptors (Lipinski definition) is 12. The summed E-state index contributed by atoms with van der Waals surface area (Å²) in [6, 6.07) is 5.84. The van der Waals surface area contributed by atoms with Crippen LogP contribution in [-0.4, -0.2) is 75.9 Å². The highest BCUT2D eigenvalue weighted by molar-refractivity contribution is 5.71. The molecule has 206 valence electrons. The number of nitrogens with two attached hydrogens (primary N) is 1. The van der Waals surface area contributed by atoms with E-state index in [9.17, 15) is 19.6 Å². The van der Waals surface area contributed by atoms with Crippen molar-refractivity contribution >= 4 is 29.9 Å². The number of nitriles is 1. The number of hydrogen-bond donors (Lipinski definition) is 3. The molecule has 37 heavy (non-hydrogen) atoms. The van der Waals surface area contributed by atoms with Crippen molar-refractivity contribution < 1.29 is 43.5 Å². The molecule has 14 heteroatoms. The molecule has 0 radical (unpaired) electrons. The van der Waals surface area contributed by atoms with Crippen molar-refractivity contribution in [3.05, 3.63) is 24.2 Å². The Balaban J connectivity index is 0.000000833. The van der Waals surface area contributed by atoms with Gasteiger partial charge in [-0.2, -0.15) is 10.4 Å². The third kappa shape index (κ3) is 10.7. The smallest absolute Gasteiger partial charge is 0.468 e. The monoisotopic (exact) mass is 525 g/mol. The van der Waals surface area contributed by atoms with Crippen LogP contribution in [0.4, 0.5) is 10.6 Å². The number of nitrogen functional groups attached to an aromatic ring is 1. The lowest BCUT2D eigenvalue weighted by molar-refractivity contribution is -0.154. The van der Waals surface area contributed by atoms with Gasteiger partial charge in [-0.3, -0.25) is 9.59 Å². The van der Waals surface area contributed by atoms with Gasteiger partial charge in [0.15, 0.2) is 11.4 Å². The Hall–Kier alpha value is -3.96. The van der Waals surface area contributed by atoms with Gasteiger partial charge in [0.25, 0.3) is 6.47 Å². The van der Waals surface area contributed by atoms with Crippen LogP contribution in [0.3, 0.4) is 0 Å². The summed E-state index contributed by atoms with van der Waals surface area (Å²) >= 11 is 0. The van der Waals surface area contributed by atoms with E-state index in [1.54, 1.807) is 32.2 Å². The van der Waals surface area contributed by atoms with Gasteiger partial charge in [0, 0.05) is 7.11 Å². The SMILES string of the molecule is CC(C)C(=O)OCC1(C#N)CCC(c2ccc3c(N)ncnn23)O1.CCOC(=O)O.CCOC=O.CO. The number of rotatable bonds is 7. The van der Waals surface area contributed by atoms with E-state index in [1.807, 2.05) is 12.1 Å². The van der Waals surface area contributed by atoms with E-state index in [-0.39, 0.29) is 31.2 Å². The maximum Gasteiger partial charge on any atom is 0.505 e. The predicted octanol–water partition coefficient (Wildman–Crippen LogP) is 2.11. The number of carbonyl (C=O) groups is 3. The normalized spacial score (nSPS) is 17.5. The molecule has 0 bridgehead atoms. The lowest BCUT2D eigenvalue weighted by atomic mass is 10.0. The minimum Gasteiger partial charge on any atom is -0.468 e. The third-order valence-electron chi connectivity index (χ3n) is 4.64. The summed E-state index contributed by atoms with van der Waals surface area (Å²) in [6.07, 6.45) is 0.954. The van der Waals surface area contributed by atoms with Crippen molar-refractivity contribution in [3.63, 3.8) is 0 Å². The quantitative estimate of drug-likeness (QED) is 0.269. The number of ether oxygens (including phenoxy) is 4. The van der Waals surface area contributed by atoms with Crippen molar-refractivity contribution in [2.45, 2.75) is 52.2 Å². The second-order valence-electron chi connectivity index (χ2n) is 7.46. The van der Waals surface area contributed by atoms with Gasteiger partial charge >= 0.3 is 12.1 Å². The van der Waals surface area contributed by atoms with Gasteiger partial charge in [-0.15, -0.1) is 0 Å². The van der Waals surface area contributed by atoms with Gasteiger partial charge in [-0.1, -0.05) is 13.8 Å². The van der Waals surface area contributed by atoms with Crippen molar-refractivity contribution in [1.29, 1.82) is 5.26 Å². The summed E-state index contributed by atoms with van der Waals surface area (Å²) in [5.41, 5.74) is 6.20. The predicted molar refractivity (Wildman–Crippen MR) is 130 cm³/mol. The average molecular weight is 526 g/mol. The zero-order valence-corrected chi connectivity index (χ0v) is 21.6. The summed E-state index contributed by atoms with van der Waals surface area (Å²) < 4.78 is 21.0. The number of aromatic nitrogens is 3. The number of aliphatic hydroxyl groups excluding tert-OH is 1. The largest absolute Gasteiger partial charge is 0.505 e. The van der Waals surface area contributed by atoms with Crippen LogP contribution < -0.4 is 5.73 Å². The molecule has 3 rings (SSSR count). The molecular weight excluding hydrogens is 490 g/mol. The number of esters is 1. The van der Waals surface area contributed by atoms with Gasteiger partial charge in [0.1, 0.15) is 30.6 Å². The third-order valence-corrected chi connectivity index (χ3v) is 4.64. The van der Waals surface area contributed by atoms with Crippen LogP contribution >= 0.6 is 0 Å². The molecular formula is C23H35N5O9. The zero-order chi connectivity index (χ0) is 28.4. The molecule has 1 saturated heterocycles. The number of nitrogens with zero attached hydrogens (tertiary/aromatic N) is 4. The first kappa shape index (κ1) is 33.0. The van der Waals surface area contributed by atoms with E-state index < -0.39 is 11.8 Å². The van der Waals surface area contributed by atoms with Gasteiger partial charge in [0.05, 0.1) is 24.8 Å². The Morgan fingerprint density at radius 3 is 2.46 bits per heavy atom. The molecule has 2 aromatic heterocycles. The summed E-state index contributed by atoms with van der Waals surface area (Å²) in [4.78, 5) is 34.2. The van der Waals surface area contributed by atoms with Crippen molar-refractivity contribution in [3.8, 4) is 6.07 Å². The lowest BCUT2D eigenvalue weighted by Crippen LogP contribution is -2.34. The first-order valence-electron chi connectivity index (χ1n) is 11.3. The van der Waals surface area contributed by atoms with Crippen LogP contribution in [0.25, 0.3) is 5.52 Å². The van der Waals surface area contributed by atoms with E-state index in [2.05, 4.69) is 25.6 Å².